The molecule has 2 nitrogen and oxygen atoms in total. The van der Waals surface area contributed by atoms with E-state index in [1.807, 2.05) is 42.5 Å². The Hall–Kier alpha value is -3.13. The van der Waals surface area contributed by atoms with Gasteiger partial charge in [0.15, 0.2) is 0 Å². The van der Waals surface area contributed by atoms with E-state index in [1.54, 1.807) is 0 Å². The van der Waals surface area contributed by atoms with Crippen molar-refractivity contribution >= 4 is 17.7 Å². The van der Waals surface area contributed by atoms with E-state index in [2.05, 4.69) is 53.5 Å². The fourth-order valence-corrected chi connectivity index (χ4v) is 3.33. The van der Waals surface area contributed by atoms with Crippen molar-refractivity contribution in [1.82, 2.24) is 0 Å². The number of hydrogen-bond donors (Lipinski definition) is 0. The summed E-state index contributed by atoms with van der Waals surface area (Å²) in [5.41, 5.74) is 5.35. The molecule has 122 valence electrons. The summed E-state index contributed by atoms with van der Waals surface area (Å²) in [6.07, 6.45) is 15.1. The van der Waals surface area contributed by atoms with Crippen LogP contribution in [0.5, 0.6) is 0 Å². The van der Waals surface area contributed by atoms with Gasteiger partial charge in [0.2, 0.25) is 0 Å². The second kappa shape index (κ2) is 6.78. The monoisotopic (exact) mass is 325 g/mol. The van der Waals surface area contributed by atoms with Gasteiger partial charge in [-0.1, -0.05) is 48.6 Å². The summed E-state index contributed by atoms with van der Waals surface area (Å²) in [7, 11) is 0. The Labute approximate surface area is 148 Å². The minimum absolute atomic E-state index is 0.476. The molecule has 0 fully saturated rings. The number of rotatable bonds is 4. The summed E-state index contributed by atoms with van der Waals surface area (Å²) in [6.45, 7) is 0. The first-order valence-corrected chi connectivity index (χ1v) is 8.52. The number of para-hydroxylation sites is 1. The quantitative estimate of drug-likeness (QED) is 0.683. The molecule has 0 heterocycles. The maximum absolute atomic E-state index is 11.0. The molecule has 0 saturated carbocycles. The molecule has 4 rings (SSSR count). The van der Waals surface area contributed by atoms with Gasteiger partial charge < -0.3 is 4.90 Å². The van der Waals surface area contributed by atoms with Crippen molar-refractivity contribution in [2.24, 2.45) is 5.92 Å². The van der Waals surface area contributed by atoms with Gasteiger partial charge in [-0.25, -0.2) is 0 Å². The summed E-state index contributed by atoms with van der Waals surface area (Å²) in [6, 6.07) is 18.1. The number of nitrogens with zero attached hydrogens (tertiary/aromatic N) is 1. The van der Waals surface area contributed by atoms with Crippen molar-refractivity contribution in [3.05, 3.63) is 108 Å². The predicted molar refractivity (Wildman–Crippen MR) is 103 cm³/mol. The number of carbonyl (C=O) groups excluding carboxylic acids is 1. The van der Waals surface area contributed by atoms with Crippen LogP contribution in [0.3, 0.4) is 0 Å². The third-order valence-electron chi connectivity index (χ3n) is 4.63. The van der Waals surface area contributed by atoms with Crippen LogP contribution in [0, 0.1) is 5.92 Å². The summed E-state index contributed by atoms with van der Waals surface area (Å²) in [4.78, 5) is 13.2. The van der Waals surface area contributed by atoms with Crippen molar-refractivity contribution in [2.45, 2.75) is 6.42 Å². The van der Waals surface area contributed by atoms with E-state index in [1.165, 1.54) is 5.57 Å². The summed E-state index contributed by atoms with van der Waals surface area (Å²) in [5.74, 6) is 0.476. The van der Waals surface area contributed by atoms with Gasteiger partial charge in [-0.05, 0) is 54.5 Å². The lowest BCUT2D eigenvalue weighted by Crippen LogP contribution is -2.19. The van der Waals surface area contributed by atoms with Gasteiger partial charge >= 0.3 is 0 Å². The molecule has 2 aromatic carbocycles. The number of benzene rings is 2. The maximum atomic E-state index is 11.0. The summed E-state index contributed by atoms with van der Waals surface area (Å²) < 4.78 is 0. The van der Waals surface area contributed by atoms with E-state index in [4.69, 9.17) is 0 Å². The Morgan fingerprint density at radius 2 is 1.68 bits per heavy atom. The molecule has 0 bridgehead atoms. The van der Waals surface area contributed by atoms with Gasteiger partial charge in [0.1, 0.15) is 6.29 Å². The Morgan fingerprint density at radius 1 is 0.920 bits per heavy atom. The van der Waals surface area contributed by atoms with Crippen LogP contribution in [0.4, 0.5) is 11.4 Å². The zero-order valence-electron chi connectivity index (χ0n) is 13.9. The number of allylic oxidation sites excluding steroid dienone is 7. The van der Waals surface area contributed by atoms with E-state index in [0.29, 0.717) is 11.5 Å². The van der Waals surface area contributed by atoms with Crippen molar-refractivity contribution in [2.75, 3.05) is 4.90 Å². The molecule has 25 heavy (non-hydrogen) atoms. The van der Waals surface area contributed by atoms with Crippen LogP contribution in [-0.4, -0.2) is 6.29 Å². The summed E-state index contributed by atoms with van der Waals surface area (Å²) in [5, 5.41) is 0. The highest BCUT2D eigenvalue weighted by molar-refractivity contribution is 5.78. The number of aldehydes is 1. The van der Waals surface area contributed by atoms with Gasteiger partial charge in [0, 0.05) is 28.6 Å². The van der Waals surface area contributed by atoms with Crippen LogP contribution in [0.2, 0.25) is 0 Å². The van der Waals surface area contributed by atoms with Gasteiger partial charge in [-0.3, -0.25) is 4.79 Å². The molecule has 1 atom stereocenters. The minimum atomic E-state index is 0.476. The maximum Gasteiger partial charge on any atom is 0.150 e. The molecule has 1 unspecified atom stereocenters. The zero-order valence-corrected chi connectivity index (χ0v) is 13.9. The van der Waals surface area contributed by atoms with Crippen LogP contribution in [0.25, 0.3) is 0 Å². The molecule has 0 radical (unpaired) electrons. The number of hydrogen-bond acceptors (Lipinski definition) is 2. The van der Waals surface area contributed by atoms with Crippen LogP contribution < -0.4 is 4.90 Å². The number of anilines is 2. The van der Waals surface area contributed by atoms with Gasteiger partial charge in [-0.15, -0.1) is 0 Å². The minimum Gasteiger partial charge on any atom is -0.311 e. The molecule has 0 amide bonds. The smallest absolute Gasteiger partial charge is 0.150 e. The van der Waals surface area contributed by atoms with Crippen LogP contribution in [-0.2, 0) is 0 Å². The Kier molecular flexibility index (Phi) is 4.17. The first-order valence-electron chi connectivity index (χ1n) is 8.52. The fourth-order valence-electron chi connectivity index (χ4n) is 3.33. The molecule has 0 saturated heterocycles. The Morgan fingerprint density at radius 3 is 2.44 bits per heavy atom. The van der Waals surface area contributed by atoms with Crippen molar-refractivity contribution in [1.29, 1.82) is 0 Å². The largest absolute Gasteiger partial charge is 0.311 e. The molecule has 2 aliphatic rings. The lowest BCUT2D eigenvalue weighted by atomic mass is 9.87. The predicted octanol–water partition coefficient (Wildman–Crippen LogP) is 5.59. The fraction of sp³-hybridized carbons (Fsp3) is 0.0870. The van der Waals surface area contributed by atoms with E-state index in [9.17, 15) is 4.79 Å². The standard InChI is InChI=1S/C23H19NO/c25-17-18-10-13-22(14-11-18)24(21-8-2-1-3-9-21)23-15-12-19-6-4-5-7-20(19)16-23/h1-11,13-17,19H,12H2. The first kappa shape index (κ1) is 15.4. The SMILES string of the molecule is O=Cc1ccc(N(C2=CCC3C=CC=CC3=C2)c2ccccc2)cc1. The highest BCUT2D eigenvalue weighted by atomic mass is 16.1. The third kappa shape index (κ3) is 3.11. The average molecular weight is 325 g/mol. The van der Waals surface area contributed by atoms with Crippen LogP contribution in [0.1, 0.15) is 16.8 Å². The Balaban J connectivity index is 1.77. The molecule has 0 aliphatic heterocycles. The molecule has 0 spiro atoms. The average Bonchev–Trinajstić information content (AvgIpc) is 2.69. The van der Waals surface area contributed by atoms with E-state index >= 15 is 0 Å². The second-order valence-electron chi connectivity index (χ2n) is 6.24. The normalized spacial score (nSPS) is 18.2. The first-order chi connectivity index (χ1) is 12.3. The number of fused-ring (bicyclic) bond motifs is 1. The molecular formula is C23H19NO. The topological polar surface area (TPSA) is 20.3 Å². The van der Waals surface area contributed by atoms with Crippen molar-refractivity contribution in [3.8, 4) is 0 Å². The molecular weight excluding hydrogens is 306 g/mol. The molecule has 2 aliphatic carbocycles. The van der Waals surface area contributed by atoms with Gasteiger partial charge in [0.25, 0.3) is 0 Å². The van der Waals surface area contributed by atoms with E-state index in [0.717, 1.165) is 29.8 Å². The van der Waals surface area contributed by atoms with Crippen LogP contribution in [0.15, 0.2) is 102 Å². The molecule has 2 aromatic rings. The van der Waals surface area contributed by atoms with Gasteiger partial charge in [0.05, 0.1) is 0 Å². The summed E-state index contributed by atoms with van der Waals surface area (Å²) >= 11 is 0. The van der Waals surface area contributed by atoms with Crippen molar-refractivity contribution in [3.63, 3.8) is 0 Å². The molecule has 2 heteroatoms. The third-order valence-corrected chi connectivity index (χ3v) is 4.63. The Bertz CT molecular complexity index is 885. The number of carbonyl (C=O) groups is 1. The lowest BCUT2D eigenvalue weighted by molar-refractivity contribution is 0.112. The molecule has 0 N–H and O–H groups in total. The van der Waals surface area contributed by atoms with Crippen LogP contribution >= 0.6 is 0 Å². The van der Waals surface area contributed by atoms with Gasteiger partial charge in [-0.2, -0.15) is 0 Å². The second-order valence-corrected chi connectivity index (χ2v) is 6.24. The van der Waals surface area contributed by atoms with Crippen molar-refractivity contribution < 1.29 is 4.79 Å². The lowest BCUT2D eigenvalue weighted by Gasteiger charge is -2.30. The highest BCUT2D eigenvalue weighted by Gasteiger charge is 2.20. The molecule has 0 aromatic heterocycles. The van der Waals surface area contributed by atoms with E-state index < -0.39 is 0 Å². The van der Waals surface area contributed by atoms with E-state index in [-0.39, 0.29) is 0 Å². The highest BCUT2D eigenvalue weighted by Crippen LogP contribution is 2.36. The zero-order chi connectivity index (χ0) is 17.1.